The van der Waals surface area contributed by atoms with Gasteiger partial charge in [0.05, 0.1) is 38.4 Å². The highest BCUT2D eigenvalue weighted by Crippen LogP contribution is 2.52. The van der Waals surface area contributed by atoms with E-state index in [0.29, 0.717) is 21.9 Å². The number of Topliss-reactive ketones (excluding diaryl/α,β-unsaturated/α-hetero) is 1. The Morgan fingerprint density at radius 2 is 1.62 bits per heavy atom. The Morgan fingerprint density at radius 3 is 2.22 bits per heavy atom. The summed E-state index contributed by atoms with van der Waals surface area (Å²) in [5.74, 6) is -5.44. The summed E-state index contributed by atoms with van der Waals surface area (Å²) in [6, 6.07) is 17.5. The van der Waals surface area contributed by atoms with Gasteiger partial charge in [0.1, 0.15) is 17.5 Å². The number of benzene rings is 3. The van der Waals surface area contributed by atoms with Crippen LogP contribution < -0.4 is 15.4 Å². The van der Waals surface area contributed by atoms with E-state index in [-0.39, 0.29) is 34.8 Å². The normalized spacial score (nSPS) is 20.1. The first-order chi connectivity index (χ1) is 21.4. The number of nitrogens with two attached hydrogens (primary N) is 1. The number of halogens is 4. The molecule has 12 heteroatoms. The van der Waals surface area contributed by atoms with Crippen LogP contribution in [0.4, 0.5) is 18.9 Å². The standard InChI is InChI=1S/C33H28ClF3N2O6/c1-43-22-12-10-17(11-13-22)23-16-24-27(29(40)26(23)31(41)44-2)25(18-6-4-8-20(34)14-18)28(32(42)45-3)30(38)39(24)21-9-5-7-19(15-21)33(35,36)37/h4-15,23,25-26H,16,38H2,1-3H3/t23-,25+,26-/m1/s1. The van der Waals surface area contributed by atoms with E-state index >= 15 is 0 Å². The molecular formula is C33H28ClF3N2O6. The highest BCUT2D eigenvalue weighted by Gasteiger charge is 2.51. The summed E-state index contributed by atoms with van der Waals surface area (Å²) >= 11 is 6.32. The van der Waals surface area contributed by atoms with E-state index in [2.05, 4.69) is 0 Å². The van der Waals surface area contributed by atoms with E-state index in [1.807, 2.05) is 0 Å². The molecule has 2 N–H and O–H groups in total. The average molecular weight is 641 g/mol. The molecule has 3 aromatic carbocycles. The van der Waals surface area contributed by atoms with Crippen LogP contribution in [0.25, 0.3) is 0 Å². The van der Waals surface area contributed by atoms with Crippen LogP contribution in [-0.4, -0.2) is 39.1 Å². The number of ketones is 1. The van der Waals surface area contributed by atoms with Gasteiger partial charge in [0, 0.05) is 27.9 Å². The van der Waals surface area contributed by atoms with Gasteiger partial charge in [-0.3, -0.25) is 14.5 Å². The molecule has 0 fully saturated rings. The van der Waals surface area contributed by atoms with E-state index in [1.165, 1.54) is 24.1 Å². The summed E-state index contributed by atoms with van der Waals surface area (Å²) in [6.07, 6.45) is -4.73. The fourth-order valence-corrected chi connectivity index (χ4v) is 6.23. The number of allylic oxidation sites excluding steroid dienone is 2. The van der Waals surface area contributed by atoms with Gasteiger partial charge in [-0.15, -0.1) is 0 Å². The van der Waals surface area contributed by atoms with Crippen LogP contribution in [0.2, 0.25) is 5.02 Å². The van der Waals surface area contributed by atoms with Gasteiger partial charge in [0.2, 0.25) is 0 Å². The molecule has 0 radical (unpaired) electrons. The lowest BCUT2D eigenvalue weighted by Gasteiger charge is -2.44. The first kappa shape index (κ1) is 31.6. The number of rotatable bonds is 6. The molecule has 0 spiro atoms. The largest absolute Gasteiger partial charge is 0.497 e. The number of esters is 2. The number of ether oxygens (including phenoxy) is 3. The predicted octanol–water partition coefficient (Wildman–Crippen LogP) is 6.11. The second-order valence-corrected chi connectivity index (χ2v) is 10.9. The third-order valence-corrected chi connectivity index (χ3v) is 8.29. The fraction of sp³-hybridized carbons (Fsp3) is 0.242. The zero-order valence-electron chi connectivity index (χ0n) is 24.4. The van der Waals surface area contributed by atoms with Crippen molar-refractivity contribution in [2.24, 2.45) is 11.7 Å². The molecule has 0 unspecified atom stereocenters. The molecule has 45 heavy (non-hydrogen) atoms. The number of carbonyl (C=O) groups is 3. The highest BCUT2D eigenvalue weighted by molar-refractivity contribution is 6.30. The Balaban J connectivity index is 1.84. The minimum absolute atomic E-state index is 0.00978. The van der Waals surface area contributed by atoms with Crippen molar-refractivity contribution in [3.05, 3.63) is 117 Å². The molecule has 0 saturated heterocycles. The van der Waals surface area contributed by atoms with Gasteiger partial charge in [0.15, 0.2) is 5.78 Å². The Hall–Kier alpha value is -4.77. The van der Waals surface area contributed by atoms with Gasteiger partial charge in [-0.25, -0.2) is 4.79 Å². The van der Waals surface area contributed by atoms with Gasteiger partial charge < -0.3 is 19.9 Å². The summed E-state index contributed by atoms with van der Waals surface area (Å²) in [5.41, 5.74) is 6.66. The Bertz CT molecular complexity index is 1730. The lowest BCUT2D eigenvalue weighted by molar-refractivity contribution is -0.150. The Kier molecular flexibility index (Phi) is 8.66. The summed E-state index contributed by atoms with van der Waals surface area (Å²) < 4.78 is 57.0. The van der Waals surface area contributed by atoms with Gasteiger partial charge in [-0.1, -0.05) is 41.9 Å². The summed E-state index contributed by atoms with van der Waals surface area (Å²) in [5, 5.41) is 0.293. The first-order valence-electron chi connectivity index (χ1n) is 13.7. The average Bonchev–Trinajstić information content (AvgIpc) is 3.03. The number of nitrogens with zero attached hydrogens (tertiary/aromatic N) is 1. The van der Waals surface area contributed by atoms with Crippen LogP contribution in [0.15, 0.2) is 95.5 Å². The second kappa shape index (κ2) is 12.3. The topological polar surface area (TPSA) is 108 Å². The maximum Gasteiger partial charge on any atom is 0.416 e. The van der Waals surface area contributed by atoms with Crippen LogP contribution in [0.1, 0.15) is 34.9 Å². The monoisotopic (exact) mass is 640 g/mol. The fourth-order valence-electron chi connectivity index (χ4n) is 6.04. The SMILES string of the molecule is COC(=O)C1=C(N)N(c2cccc(C(F)(F)F)c2)C2=C(C(=O)[C@H](C(=O)OC)[C@@H](c3ccc(OC)cc3)C2)[C@@H]1c1cccc(Cl)c1. The molecule has 1 heterocycles. The predicted molar refractivity (Wildman–Crippen MR) is 159 cm³/mol. The van der Waals surface area contributed by atoms with Crippen molar-refractivity contribution in [1.82, 2.24) is 0 Å². The number of anilines is 1. The van der Waals surface area contributed by atoms with E-state index in [0.717, 1.165) is 26.4 Å². The Labute approximate surface area is 261 Å². The summed E-state index contributed by atoms with van der Waals surface area (Å²) in [7, 11) is 3.77. The van der Waals surface area contributed by atoms with Crippen LogP contribution >= 0.6 is 11.6 Å². The zero-order valence-corrected chi connectivity index (χ0v) is 25.1. The minimum atomic E-state index is -4.69. The van der Waals surface area contributed by atoms with Crippen LogP contribution in [-0.2, 0) is 30.0 Å². The van der Waals surface area contributed by atoms with Gasteiger partial charge in [-0.05, 0) is 60.0 Å². The van der Waals surface area contributed by atoms with Crippen molar-refractivity contribution in [2.45, 2.75) is 24.4 Å². The van der Waals surface area contributed by atoms with Crippen LogP contribution in [0.5, 0.6) is 5.75 Å². The Morgan fingerprint density at radius 1 is 0.933 bits per heavy atom. The molecule has 1 aliphatic carbocycles. The van der Waals surface area contributed by atoms with Crippen molar-refractivity contribution < 1.29 is 41.8 Å². The molecule has 2 aliphatic rings. The maximum absolute atomic E-state index is 14.7. The van der Waals surface area contributed by atoms with Gasteiger partial charge >= 0.3 is 18.1 Å². The van der Waals surface area contributed by atoms with E-state index < -0.39 is 47.2 Å². The van der Waals surface area contributed by atoms with E-state index in [4.69, 9.17) is 31.5 Å². The smallest absolute Gasteiger partial charge is 0.416 e. The van der Waals surface area contributed by atoms with Crippen LogP contribution in [0, 0.1) is 5.92 Å². The van der Waals surface area contributed by atoms with Crippen molar-refractivity contribution in [2.75, 3.05) is 26.2 Å². The van der Waals surface area contributed by atoms with Gasteiger partial charge in [-0.2, -0.15) is 13.2 Å². The molecule has 5 rings (SSSR count). The maximum atomic E-state index is 14.7. The van der Waals surface area contributed by atoms with Crippen molar-refractivity contribution in [1.29, 1.82) is 0 Å². The number of hydrogen-bond acceptors (Lipinski definition) is 8. The molecule has 0 bridgehead atoms. The van der Waals surface area contributed by atoms with E-state index in [9.17, 15) is 27.6 Å². The number of carbonyl (C=O) groups excluding carboxylic acids is 3. The third-order valence-electron chi connectivity index (χ3n) is 8.06. The van der Waals surface area contributed by atoms with Crippen molar-refractivity contribution in [3.63, 3.8) is 0 Å². The highest BCUT2D eigenvalue weighted by atomic mass is 35.5. The molecule has 8 nitrogen and oxygen atoms in total. The molecule has 3 aromatic rings. The lowest BCUT2D eigenvalue weighted by Crippen LogP contribution is -2.46. The zero-order chi connectivity index (χ0) is 32.6. The van der Waals surface area contributed by atoms with Crippen molar-refractivity contribution in [3.8, 4) is 5.75 Å². The van der Waals surface area contributed by atoms with Gasteiger partial charge in [0.25, 0.3) is 0 Å². The van der Waals surface area contributed by atoms with Crippen LogP contribution in [0.3, 0.4) is 0 Å². The molecule has 0 amide bonds. The minimum Gasteiger partial charge on any atom is -0.497 e. The number of methoxy groups -OCH3 is 3. The quantitative estimate of drug-likeness (QED) is 0.254. The van der Waals surface area contributed by atoms with Crippen molar-refractivity contribution >= 4 is 35.0 Å². The second-order valence-electron chi connectivity index (χ2n) is 10.5. The number of alkyl halides is 3. The van der Waals surface area contributed by atoms with E-state index in [1.54, 1.807) is 48.5 Å². The summed E-state index contributed by atoms with van der Waals surface area (Å²) in [4.78, 5) is 42.7. The molecule has 0 saturated carbocycles. The summed E-state index contributed by atoms with van der Waals surface area (Å²) in [6.45, 7) is 0. The lowest BCUT2D eigenvalue weighted by atomic mass is 9.67. The third kappa shape index (κ3) is 5.75. The molecular weight excluding hydrogens is 613 g/mol. The molecule has 234 valence electrons. The number of hydrogen-bond donors (Lipinski definition) is 1. The molecule has 0 aromatic heterocycles. The molecule has 1 aliphatic heterocycles. The molecule has 3 atom stereocenters. The first-order valence-corrected chi connectivity index (χ1v) is 14.1.